The average molecular weight is 227 g/mol. The number of nitrogens with zero attached hydrogens (tertiary/aromatic N) is 2. The molecule has 0 aliphatic carbocycles. The van der Waals surface area contributed by atoms with Crippen LogP contribution < -0.4 is 5.73 Å². The lowest BCUT2D eigenvalue weighted by Gasteiger charge is -2.21. The maximum absolute atomic E-state index is 5.98. The fourth-order valence-electron chi connectivity index (χ4n) is 1.69. The lowest BCUT2D eigenvalue weighted by atomic mass is 9.86. The molecule has 1 aromatic rings. The zero-order valence-electron chi connectivity index (χ0n) is 9.60. The number of hydrogen-bond acceptors (Lipinski definition) is 6. The fraction of sp³-hybridized carbons (Fsp3) is 0.800. The quantitative estimate of drug-likeness (QED) is 0.771. The fourth-order valence-corrected chi connectivity index (χ4v) is 1.69. The minimum absolute atomic E-state index is 0.0942. The summed E-state index contributed by atoms with van der Waals surface area (Å²) in [5.74, 6) is 1.21. The third kappa shape index (κ3) is 1.95. The molecule has 0 spiro atoms. The number of nitrogens with two attached hydrogens (primary N) is 1. The average Bonchev–Trinajstić information content (AvgIpc) is 2.85. The maximum Gasteiger partial charge on any atom is 0.236 e. The first kappa shape index (κ1) is 11.5. The molecule has 2 heterocycles. The normalized spacial score (nSPS) is 29.8. The smallest absolute Gasteiger partial charge is 0.236 e. The van der Waals surface area contributed by atoms with E-state index in [2.05, 4.69) is 10.1 Å². The van der Waals surface area contributed by atoms with Gasteiger partial charge in [-0.1, -0.05) is 5.16 Å². The second-order valence-corrected chi connectivity index (χ2v) is 4.30. The molecule has 90 valence electrons. The van der Waals surface area contributed by atoms with Gasteiger partial charge >= 0.3 is 0 Å². The standard InChI is InChI=1S/C10H17N3O3/c1-10(6-15-5-7(10)11)9-12-8(13-16-9)3-4-14-2/h7H,3-6,11H2,1-2H3. The van der Waals surface area contributed by atoms with Crippen LogP contribution in [-0.2, 0) is 21.3 Å². The highest BCUT2D eigenvalue weighted by Gasteiger charge is 2.44. The van der Waals surface area contributed by atoms with Crippen molar-refractivity contribution in [2.45, 2.75) is 24.8 Å². The topological polar surface area (TPSA) is 83.4 Å². The lowest BCUT2D eigenvalue weighted by molar-refractivity contribution is 0.169. The molecule has 1 fully saturated rings. The van der Waals surface area contributed by atoms with Gasteiger partial charge in [-0.3, -0.25) is 0 Å². The van der Waals surface area contributed by atoms with E-state index in [1.807, 2.05) is 6.92 Å². The Labute approximate surface area is 94.1 Å². The van der Waals surface area contributed by atoms with E-state index in [4.69, 9.17) is 19.7 Å². The molecule has 0 amide bonds. The minimum atomic E-state index is -0.363. The van der Waals surface area contributed by atoms with Crippen molar-refractivity contribution in [2.24, 2.45) is 5.73 Å². The Hall–Kier alpha value is -0.980. The van der Waals surface area contributed by atoms with Crippen molar-refractivity contribution in [1.29, 1.82) is 0 Å². The van der Waals surface area contributed by atoms with E-state index in [1.54, 1.807) is 7.11 Å². The zero-order chi connectivity index (χ0) is 11.6. The van der Waals surface area contributed by atoms with Crippen LogP contribution in [0.5, 0.6) is 0 Å². The summed E-state index contributed by atoms with van der Waals surface area (Å²) in [5, 5.41) is 3.90. The van der Waals surface area contributed by atoms with Gasteiger partial charge in [-0.05, 0) is 6.92 Å². The van der Waals surface area contributed by atoms with E-state index in [-0.39, 0.29) is 11.5 Å². The Bertz CT molecular complexity index is 355. The molecular weight excluding hydrogens is 210 g/mol. The minimum Gasteiger partial charge on any atom is -0.384 e. The van der Waals surface area contributed by atoms with E-state index < -0.39 is 0 Å². The molecule has 2 N–H and O–H groups in total. The van der Waals surface area contributed by atoms with E-state index in [0.717, 1.165) is 0 Å². The highest BCUT2D eigenvalue weighted by Crippen LogP contribution is 2.30. The van der Waals surface area contributed by atoms with Crippen LogP contribution in [0.1, 0.15) is 18.6 Å². The summed E-state index contributed by atoms with van der Waals surface area (Å²) in [4.78, 5) is 4.33. The van der Waals surface area contributed by atoms with Crippen molar-refractivity contribution in [3.8, 4) is 0 Å². The van der Waals surface area contributed by atoms with Gasteiger partial charge in [-0.25, -0.2) is 0 Å². The lowest BCUT2D eigenvalue weighted by Crippen LogP contribution is -2.42. The summed E-state index contributed by atoms with van der Waals surface area (Å²) in [7, 11) is 1.64. The largest absolute Gasteiger partial charge is 0.384 e. The van der Waals surface area contributed by atoms with Gasteiger partial charge in [-0.15, -0.1) is 0 Å². The first-order valence-electron chi connectivity index (χ1n) is 5.32. The Morgan fingerprint density at radius 1 is 1.62 bits per heavy atom. The van der Waals surface area contributed by atoms with Gasteiger partial charge in [0.1, 0.15) is 0 Å². The van der Waals surface area contributed by atoms with Crippen LogP contribution >= 0.6 is 0 Å². The monoisotopic (exact) mass is 227 g/mol. The summed E-state index contributed by atoms with van der Waals surface area (Å²) in [6.07, 6.45) is 0.645. The third-order valence-electron chi connectivity index (χ3n) is 3.00. The van der Waals surface area contributed by atoms with Gasteiger partial charge in [0.25, 0.3) is 0 Å². The molecule has 2 atom stereocenters. The van der Waals surface area contributed by atoms with Crippen molar-refractivity contribution in [3.05, 3.63) is 11.7 Å². The Kier molecular flexibility index (Phi) is 3.22. The third-order valence-corrected chi connectivity index (χ3v) is 3.00. The molecule has 1 aliphatic rings. The Morgan fingerprint density at radius 2 is 2.44 bits per heavy atom. The van der Waals surface area contributed by atoms with Crippen LogP contribution in [0, 0.1) is 0 Å². The molecule has 0 saturated carbocycles. The molecule has 1 aromatic heterocycles. The number of aromatic nitrogens is 2. The van der Waals surface area contributed by atoms with Gasteiger partial charge in [0, 0.05) is 19.6 Å². The molecule has 1 saturated heterocycles. The van der Waals surface area contributed by atoms with E-state index in [1.165, 1.54) is 0 Å². The SMILES string of the molecule is COCCc1noc(C2(C)COCC2N)n1. The highest BCUT2D eigenvalue weighted by atomic mass is 16.5. The first-order valence-corrected chi connectivity index (χ1v) is 5.32. The van der Waals surface area contributed by atoms with E-state index >= 15 is 0 Å². The van der Waals surface area contributed by atoms with Crippen LogP contribution in [0.15, 0.2) is 4.52 Å². The predicted molar refractivity (Wildman–Crippen MR) is 56.0 cm³/mol. The first-order chi connectivity index (χ1) is 7.66. The van der Waals surface area contributed by atoms with Crippen LogP contribution in [0.3, 0.4) is 0 Å². The summed E-state index contributed by atoms with van der Waals surface area (Å²) in [5.41, 5.74) is 5.61. The van der Waals surface area contributed by atoms with Crippen LogP contribution in [0.25, 0.3) is 0 Å². The molecule has 0 bridgehead atoms. The van der Waals surface area contributed by atoms with Crippen LogP contribution in [0.2, 0.25) is 0 Å². The number of methoxy groups -OCH3 is 1. The Morgan fingerprint density at radius 3 is 3.06 bits per heavy atom. The highest BCUT2D eigenvalue weighted by molar-refractivity contribution is 5.11. The van der Waals surface area contributed by atoms with Crippen molar-refractivity contribution in [3.63, 3.8) is 0 Å². The molecule has 16 heavy (non-hydrogen) atoms. The predicted octanol–water partition coefficient (Wildman–Crippen LogP) is -0.126. The second-order valence-electron chi connectivity index (χ2n) is 4.30. The molecular formula is C10H17N3O3. The van der Waals surface area contributed by atoms with Gasteiger partial charge in [0.05, 0.1) is 25.2 Å². The number of ether oxygens (including phenoxy) is 2. The van der Waals surface area contributed by atoms with Crippen LogP contribution in [-0.4, -0.2) is 43.1 Å². The Balaban J connectivity index is 2.11. The van der Waals surface area contributed by atoms with E-state index in [0.29, 0.717) is 38.0 Å². The molecule has 2 rings (SSSR count). The van der Waals surface area contributed by atoms with Crippen molar-refractivity contribution >= 4 is 0 Å². The second kappa shape index (κ2) is 4.48. The van der Waals surface area contributed by atoms with E-state index in [9.17, 15) is 0 Å². The number of rotatable bonds is 4. The van der Waals surface area contributed by atoms with Crippen molar-refractivity contribution < 1.29 is 14.0 Å². The maximum atomic E-state index is 5.98. The summed E-state index contributed by atoms with van der Waals surface area (Å²) in [6, 6.07) is -0.0942. The van der Waals surface area contributed by atoms with Gasteiger partial charge in [0.2, 0.25) is 5.89 Å². The molecule has 1 aliphatic heterocycles. The summed E-state index contributed by atoms with van der Waals surface area (Å²) >= 11 is 0. The molecule has 6 nitrogen and oxygen atoms in total. The number of hydrogen-bond donors (Lipinski definition) is 1. The van der Waals surface area contributed by atoms with Crippen LogP contribution in [0.4, 0.5) is 0 Å². The molecule has 6 heteroatoms. The van der Waals surface area contributed by atoms with Gasteiger partial charge in [-0.2, -0.15) is 4.98 Å². The summed E-state index contributed by atoms with van der Waals surface area (Å²) < 4.78 is 15.5. The zero-order valence-corrected chi connectivity index (χ0v) is 9.60. The van der Waals surface area contributed by atoms with Gasteiger partial charge < -0.3 is 19.7 Å². The summed E-state index contributed by atoms with van der Waals surface area (Å²) in [6.45, 7) is 3.63. The van der Waals surface area contributed by atoms with Crippen molar-refractivity contribution in [1.82, 2.24) is 10.1 Å². The van der Waals surface area contributed by atoms with Crippen molar-refractivity contribution in [2.75, 3.05) is 26.9 Å². The molecule has 2 unspecified atom stereocenters. The molecule has 0 aromatic carbocycles. The van der Waals surface area contributed by atoms with Gasteiger partial charge in [0.15, 0.2) is 5.82 Å². The molecule has 0 radical (unpaired) electrons.